The van der Waals surface area contributed by atoms with E-state index in [-0.39, 0.29) is 18.1 Å². The Morgan fingerprint density at radius 2 is 2.30 bits per heavy atom. The third-order valence-electron chi connectivity index (χ3n) is 2.39. The largest absolute Gasteiger partial charge is 0.476 e. The lowest BCUT2D eigenvalue weighted by atomic mass is 10.4. The fourth-order valence-corrected chi connectivity index (χ4v) is 2.28. The molecule has 0 aliphatic carbocycles. The second-order valence-electron chi connectivity index (χ2n) is 4.09. The van der Waals surface area contributed by atoms with Crippen LogP contribution in [0.25, 0.3) is 0 Å². The van der Waals surface area contributed by atoms with Crippen LogP contribution in [0.5, 0.6) is 0 Å². The maximum atomic E-state index is 11.6. The van der Waals surface area contributed by atoms with E-state index < -0.39 is 5.97 Å². The number of hydrogen-bond acceptors (Lipinski definition) is 6. The first-order valence-electron chi connectivity index (χ1n) is 5.85. The number of carboxylic acids is 1. The lowest BCUT2D eigenvalue weighted by molar-refractivity contribution is -0.121. The van der Waals surface area contributed by atoms with E-state index in [1.165, 1.54) is 10.9 Å². The summed E-state index contributed by atoms with van der Waals surface area (Å²) in [5.41, 5.74) is 0.788. The summed E-state index contributed by atoms with van der Waals surface area (Å²) in [7, 11) is 0. The van der Waals surface area contributed by atoms with Gasteiger partial charge in [-0.2, -0.15) is 0 Å². The molecule has 9 heteroatoms. The number of rotatable bonds is 6. The van der Waals surface area contributed by atoms with Gasteiger partial charge in [-0.1, -0.05) is 5.21 Å². The van der Waals surface area contributed by atoms with Gasteiger partial charge in [0.05, 0.1) is 11.2 Å². The Labute approximate surface area is 118 Å². The molecule has 2 aromatic heterocycles. The molecule has 0 atom stereocenters. The van der Waals surface area contributed by atoms with Crippen LogP contribution >= 0.6 is 11.3 Å². The number of aromatic carboxylic acids is 1. The Hall–Kier alpha value is -2.29. The number of aromatic nitrogens is 4. The molecule has 8 nitrogen and oxygen atoms in total. The van der Waals surface area contributed by atoms with Crippen molar-refractivity contribution in [2.24, 2.45) is 0 Å². The molecule has 0 unspecified atom stereocenters. The number of amides is 1. The quantitative estimate of drug-likeness (QED) is 0.782. The first-order chi connectivity index (χ1) is 9.54. The molecule has 0 saturated heterocycles. The Morgan fingerprint density at radius 3 is 2.90 bits per heavy atom. The van der Waals surface area contributed by atoms with Crippen molar-refractivity contribution in [2.45, 2.75) is 19.9 Å². The monoisotopic (exact) mass is 295 g/mol. The summed E-state index contributed by atoms with van der Waals surface area (Å²) in [5, 5.41) is 21.3. The van der Waals surface area contributed by atoms with Crippen molar-refractivity contribution in [3.8, 4) is 0 Å². The van der Waals surface area contributed by atoms with Crippen LogP contribution in [0.2, 0.25) is 0 Å². The number of carbonyl (C=O) groups is 2. The molecule has 0 saturated carbocycles. The maximum Gasteiger partial charge on any atom is 0.358 e. The van der Waals surface area contributed by atoms with Crippen LogP contribution in [0, 0.1) is 6.92 Å². The first-order valence-corrected chi connectivity index (χ1v) is 6.73. The van der Waals surface area contributed by atoms with E-state index in [4.69, 9.17) is 5.11 Å². The summed E-state index contributed by atoms with van der Waals surface area (Å²) >= 11 is 1.56. The number of hydrogen-bond donors (Lipinski definition) is 2. The van der Waals surface area contributed by atoms with Crippen molar-refractivity contribution >= 4 is 23.2 Å². The number of carboxylic acid groups (broad SMARTS) is 1. The Kier molecular flexibility index (Phi) is 4.41. The first kappa shape index (κ1) is 14.1. The molecular weight excluding hydrogens is 282 g/mol. The molecular formula is C11H13N5O3S. The normalized spacial score (nSPS) is 10.4. The standard InChI is InChI=1S/C11H13N5O3S/c1-7-6-20-10(13-7)2-3-12-9(17)5-16-4-8(11(18)19)14-15-16/h4,6H,2-3,5H2,1H3,(H,12,17)(H,18,19). The van der Waals surface area contributed by atoms with E-state index in [1.807, 2.05) is 12.3 Å². The minimum absolute atomic E-state index is 0.0584. The van der Waals surface area contributed by atoms with Crippen LogP contribution in [0.4, 0.5) is 0 Å². The number of nitrogens with one attached hydrogen (secondary N) is 1. The lowest BCUT2D eigenvalue weighted by Crippen LogP contribution is -2.29. The van der Waals surface area contributed by atoms with E-state index in [0.29, 0.717) is 13.0 Å². The summed E-state index contributed by atoms with van der Waals surface area (Å²) in [6.07, 6.45) is 1.88. The zero-order chi connectivity index (χ0) is 14.5. The average Bonchev–Trinajstić information content (AvgIpc) is 2.99. The van der Waals surface area contributed by atoms with Crippen LogP contribution in [0.3, 0.4) is 0 Å². The van der Waals surface area contributed by atoms with Crippen LogP contribution in [0.1, 0.15) is 21.2 Å². The third-order valence-corrected chi connectivity index (χ3v) is 3.42. The molecule has 0 aliphatic heterocycles. The van der Waals surface area contributed by atoms with Gasteiger partial charge in [-0.3, -0.25) is 4.79 Å². The van der Waals surface area contributed by atoms with Gasteiger partial charge in [0.1, 0.15) is 6.54 Å². The van der Waals surface area contributed by atoms with Crippen molar-refractivity contribution in [1.82, 2.24) is 25.3 Å². The van der Waals surface area contributed by atoms with Crippen molar-refractivity contribution in [3.63, 3.8) is 0 Å². The molecule has 2 aromatic rings. The zero-order valence-corrected chi connectivity index (χ0v) is 11.6. The maximum absolute atomic E-state index is 11.6. The lowest BCUT2D eigenvalue weighted by Gasteiger charge is -2.03. The fourth-order valence-electron chi connectivity index (χ4n) is 1.50. The van der Waals surface area contributed by atoms with Crippen molar-refractivity contribution in [1.29, 1.82) is 0 Å². The summed E-state index contributed by atoms with van der Waals surface area (Å²) in [6, 6.07) is 0. The number of aryl methyl sites for hydroxylation is 1. The predicted octanol–water partition coefficient (Wildman–Crippen LogP) is 0.100. The molecule has 2 N–H and O–H groups in total. The van der Waals surface area contributed by atoms with Gasteiger partial charge in [0.2, 0.25) is 5.91 Å². The highest BCUT2D eigenvalue weighted by Crippen LogP contribution is 2.08. The molecule has 106 valence electrons. The van der Waals surface area contributed by atoms with E-state index >= 15 is 0 Å². The second-order valence-corrected chi connectivity index (χ2v) is 5.03. The van der Waals surface area contributed by atoms with Crippen molar-refractivity contribution in [2.75, 3.05) is 6.54 Å². The van der Waals surface area contributed by atoms with Crippen LogP contribution < -0.4 is 5.32 Å². The van der Waals surface area contributed by atoms with Gasteiger partial charge in [-0.15, -0.1) is 16.4 Å². The molecule has 0 bridgehead atoms. The fraction of sp³-hybridized carbons (Fsp3) is 0.364. The van der Waals surface area contributed by atoms with Crippen molar-refractivity contribution in [3.05, 3.63) is 28.0 Å². The summed E-state index contributed by atoms with van der Waals surface area (Å²) in [6.45, 7) is 2.34. The number of carbonyl (C=O) groups excluding carboxylic acids is 1. The second kappa shape index (κ2) is 6.24. The molecule has 2 rings (SSSR count). The van der Waals surface area contributed by atoms with Gasteiger partial charge < -0.3 is 10.4 Å². The molecule has 0 aromatic carbocycles. The molecule has 0 radical (unpaired) electrons. The van der Waals surface area contributed by atoms with Crippen LogP contribution in [0.15, 0.2) is 11.6 Å². The molecule has 0 fully saturated rings. The minimum Gasteiger partial charge on any atom is -0.476 e. The van der Waals surface area contributed by atoms with Gasteiger partial charge in [-0.25, -0.2) is 14.5 Å². The molecule has 0 aliphatic rings. The minimum atomic E-state index is -1.17. The Morgan fingerprint density at radius 1 is 1.50 bits per heavy atom. The van der Waals surface area contributed by atoms with Gasteiger partial charge >= 0.3 is 5.97 Å². The topological polar surface area (TPSA) is 110 Å². The highest BCUT2D eigenvalue weighted by atomic mass is 32.1. The van der Waals surface area contributed by atoms with Crippen LogP contribution in [-0.2, 0) is 17.8 Å². The van der Waals surface area contributed by atoms with E-state index in [2.05, 4.69) is 20.6 Å². The Bertz CT molecular complexity index is 621. The smallest absolute Gasteiger partial charge is 0.358 e. The van der Waals surface area contributed by atoms with Gasteiger partial charge in [-0.05, 0) is 6.92 Å². The SMILES string of the molecule is Cc1csc(CCNC(=O)Cn2cc(C(=O)O)nn2)n1. The third kappa shape index (κ3) is 3.85. The van der Waals surface area contributed by atoms with Gasteiger partial charge in [0.25, 0.3) is 0 Å². The zero-order valence-electron chi connectivity index (χ0n) is 10.7. The highest BCUT2D eigenvalue weighted by Gasteiger charge is 2.10. The van der Waals surface area contributed by atoms with Crippen molar-refractivity contribution < 1.29 is 14.7 Å². The Balaban J connectivity index is 1.76. The van der Waals surface area contributed by atoms with E-state index in [0.717, 1.165) is 10.7 Å². The molecule has 1 amide bonds. The summed E-state index contributed by atoms with van der Waals surface area (Å²) in [4.78, 5) is 26.5. The molecule has 2 heterocycles. The van der Waals surface area contributed by atoms with E-state index in [9.17, 15) is 9.59 Å². The molecule has 0 spiro atoms. The summed E-state index contributed by atoms with van der Waals surface area (Å²) in [5.74, 6) is -1.42. The average molecular weight is 295 g/mol. The van der Waals surface area contributed by atoms with Gasteiger partial charge in [0, 0.05) is 24.0 Å². The van der Waals surface area contributed by atoms with Gasteiger partial charge in [0.15, 0.2) is 5.69 Å². The number of thiazole rings is 1. The summed E-state index contributed by atoms with van der Waals surface area (Å²) < 4.78 is 1.19. The predicted molar refractivity (Wildman–Crippen MR) is 70.5 cm³/mol. The number of nitrogens with zero attached hydrogens (tertiary/aromatic N) is 4. The van der Waals surface area contributed by atoms with E-state index in [1.54, 1.807) is 11.3 Å². The van der Waals surface area contributed by atoms with Crippen LogP contribution in [-0.4, -0.2) is 43.5 Å². The highest BCUT2D eigenvalue weighted by molar-refractivity contribution is 7.09. The molecule has 20 heavy (non-hydrogen) atoms.